The van der Waals surface area contributed by atoms with Gasteiger partial charge in [-0.2, -0.15) is 13.2 Å². The highest BCUT2D eigenvalue weighted by Crippen LogP contribution is 2.34. The first-order valence-corrected chi connectivity index (χ1v) is 7.89. The van der Waals surface area contributed by atoms with Crippen molar-refractivity contribution in [2.75, 3.05) is 28.6 Å². The van der Waals surface area contributed by atoms with E-state index in [-0.39, 0.29) is 5.69 Å². The first-order chi connectivity index (χ1) is 11.9. The Morgan fingerprint density at radius 1 is 1.04 bits per heavy atom. The third-order valence-corrected chi connectivity index (χ3v) is 3.92. The van der Waals surface area contributed by atoms with E-state index in [1.807, 2.05) is 0 Å². The summed E-state index contributed by atoms with van der Waals surface area (Å²) in [5, 5.41) is 4.72. The lowest BCUT2D eigenvalue weighted by molar-refractivity contribution is -0.136. The van der Waals surface area contributed by atoms with Crippen LogP contribution < -0.4 is 15.5 Å². The number of para-hydroxylation sites is 1. The van der Waals surface area contributed by atoms with E-state index < -0.39 is 17.8 Å². The Morgan fingerprint density at radius 2 is 1.76 bits per heavy atom. The SMILES string of the molecule is O=C(Nc1ccc(N2CCCC2)nc1)Nc1ccccc1C(F)(F)F. The molecule has 0 aliphatic carbocycles. The molecule has 2 heterocycles. The van der Waals surface area contributed by atoms with Crippen molar-refractivity contribution in [2.24, 2.45) is 0 Å². The highest BCUT2D eigenvalue weighted by Gasteiger charge is 2.33. The Balaban J connectivity index is 1.65. The number of aromatic nitrogens is 1. The van der Waals surface area contributed by atoms with Crippen LogP contribution in [0.1, 0.15) is 18.4 Å². The van der Waals surface area contributed by atoms with Gasteiger partial charge in [0.2, 0.25) is 0 Å². The second-order valence-corrected chi connectivity index (χ2v) is 5.72. The molecule has 1 fully saturated rings. The van der Waals surface area contributed by atoms with Crippen LogP contribution in [0.3, 0.4) is 0 Å². The number of alkyl halides is 3. The number of benzene rings is 1. The predicted molar refractivity (Wildman–Crippen MR) is 89.8 cm³/mol. The molecule has 132 valence electrons. The van der Waals surface area contributed by atoms with Gasteiger partial charge in [-0.3, -0.25) is 0 Å². The van der Waals surface area contributed by atoms with Crippen LogP contribution in [0.25, 0.3) is 0 Å². The lowest BCUT2D eigenvalue weighted by Gasteiger charge is -2.17. The van der Waals surface area contributed by atoms with Crippen LogP contribution in [0.2, 0.25) is 0 Å². The van der Waals surface area contributed by atoms with Gasteiger partial charge < -0.3 is 15.5 Å². The number of pyridine rings is 1. The molecule has 0 spiro atoms. The zero-order chi connectivity index (χ0) is 17.9. The Labute approximate surface area is 142 Å². The number of hydrogen-bond donors (Lipinski definition) is 2. The maximum Gasteiger partial charge on any atom is 0.418 e. The van der Waals surface area contributed by atoms with Gasteiger partial charge in [0.25, 0.3) is 0 Å². The number of urea groups is 1. The van der Waals surface area contributed by atoms with Crippen molar-refractivity contribution in [1.82, 2.24) is 4.98 Å². The summed E-state index contributed by atoms with van der Waals surface area (Å²) in [4.78, 5) is 18.4. The van der Waals surface area contributed by atoms with Crippen molar-refractivity contribution in [2.45, 2.75) is 19.0 Å². The molecule has 1 saturated heterocycles. The molecular formula is C17H17F3N4O. The van der Waals surface area contributed by atoms with Crippen LogP contribution in [-0.2, 0) is 6.18 Å². The van der Waals surface area contributed by atoms with E-state index in [0.29, 0.717) is 5.69 Å². The summed E-state index contributed by atoms with van der Waals surface area (Å²) in [6.45, 7) is 1.91. The van der Waals surface area contributed by atoms with E-state index in [0.717, 1.165) is 37.8 Å². The van der Waals surface area contributed by atoms with Crippen molar-refractivity contribution in [1.29, 1.82) is 0 Å². The highest BCUT2D eigenvalue weighted by atomic mass is 19.4. The van der Waals surface area contributed by atoms with Gasteiger partial charge in [0.1, 0.15) is 5.82 Å². The van der Waals surface area contributed by atoms with Gasteiger partial charge in [-0.15, -0.1) is 0 Å². The van der Waals surface area contributed by atoms with Gasteiger partial charge in [0, 0.05) is 13.1 Å². The topological polar surface area (TPSA) is 57.3 Å². The molecule has 0 bridgehead atoms. The molecule has 8 heteroatoms. The van der Waals surface area contributed by atoms with Crippen LogP contribution in [-0.4, -0.2) is 24.1 Å². The third-order valence-electron chi connectivity index (χ3n) is 3.92. The number of nitrogens with one attached hydrogen (secondary N) is 2. The number of carbonyl (C=O) groups excluding carboxylic acids is 1. The van der Waals surface area contributed by atoms with Crippen molar-refractivity contribution in [3.05, 3.63) is 48.2 Å². The Morgan fingerprint density at radius 3 is 2.40 bits per heavy atom. The summed E-state index contributed by atoms with van der Waals surface area (Å²) in [7, 11) is 0. The maximum absolute atomic E-state index is 12.9. The van der Waals surface area contributed by atoms with Crippen LogP contribution in [0.15, 0.2) is 42.6 Å². The molecule has 1 aliphatic heterocycles. The third kappa shape index (κ3) is 4.20. The standard InChI is InChI=1S/C17H17F3N4O/c18-17(19,20)13-5-1-2-6-14(13)23-16(25)22-12-7-8-15(21-11-12)24-9-3-4-10-24/h1-2,5-8,11H,3-4,9-10H2,(H2,22,23,25). The fourth-order valence-corrected chi connectivity index (χ4v) is 2.72. The van der Waals surface area contributed by atoms with Crippen LogP contribution in [0, 0.1) is 0 Å². The molecule has 3 rings (SSSR count). The monoisotopic (exact) mass is 350 g/mol. The zero-order valence-corrected chi connectivity index (χ0v) is 13.3. The van der Waals surface area contributed by atoms with E-state index in [1.54, 1.807) is 12.1 Å². The summed E-state index contributed by atoms with van der Waals surface area (Å²) in [6, 6.07) is 7.52. The fraction of sp³-hybridized carbons (Fsp3) is 0.294. The second-order valence-electron chi connectivity index (χ2n) is 5.72. The largest absolute Gasteiger partial charge is 0.418 e. The van der Waals surface area contributed by atoms with E-state index in [1.165, 1.54) is 24.4 Å². The minimum absolute atomic E-state index is 0.297. The van der Waals surface area contributed by atoms with Crippen molar-refractivity contribution >= 4 is 23.2 Å². The Bertz CT molecular complexity index is 740. The molecule has 0 radical (unpaired) electrons. The quantitative estimate of drug-likeness (QED) is 0.865. The minimum atomic E-state index is -4.54. The van der Waals surface area contributed by atoms with Gasteiger partial charge in [-0.05, 0) is 37.1 Å². The van der Waals surface area contributed by atoms with Crippen molar-refractivity contribution in [3.63, 3.8) is 0 Å². The molecule has 0 unspecified atom stereocenters. The van der Waals surface area contributed by atoms with Crippen LogP contribution in [0.4, 0.5) is 35.2 Å². The van der Waals surface area contributed by atoms with Gasteiger partial charge in [-0.1, -0.05) is 12.1 Å². The van der Waals surface area contributed by atoms with Crippen molar-refractivity contribution < 1.29 is 18.0 Å². The molecule has 0 saturated carbocycles. The van der Waals surface area contributed by atoms with Crippen molar-refractivity contribution in [3.8, 4) is 0 Å². The van der Waals surface area contributed by atoms with E-state index in [4.69, 9.17) is 0 Å². The maximum atomic E-state index is 12.9. The molecule has 1 aliphatic rings. The molecule has 0 atom stereocenters. The lowest BCUT2D eigenvalue weighted by Crippen LogP contribution is -2.22. The summed E-state index contributed by atoms with van der Waals surface area (Å²) in [6.07, 6.45) is -0.795. The summed E-state index contributed by atoms with van der Waals surface area (Å²) < 4.78 is 38.8. The zero-order valence-electron chi connectivity index (χ0n) is 13.3. The summed E-state index contributed by atoms with van der Waals surface area (Å²) in [5.41, 5.74) is -0.785. The fourth-order valence-electron chi connectivity index (χ4n) is 2.72. The average Bonchev–Trinajstić information content (AvgIpc) is 3.09. The number of amides is 2. The summed E-state index contributed by atoms with van der Waals surface area (Å²) >= 11 is 0. The van der Waals surface area contributed by atoms with Crippen LogP contribution >= 0.6 is 0 Å². The number of rotatable bonds is 3. The molecule has 5 nitrogen and oxygen atoms in total. The van der Waals surface area contributed by atoms with Gasteiger partial charge in [0.05, 0.1) is 23.1 Å². The predicted octanol–water partition coefficient (Wildman–Crippen LogP) is 4.34. The molecule has 25 heavy (non-hydrogen) atoms. The molecule has 2 amide bonds. The second kappa shape index (κ2) is 7.00. The lowest BCUT2D eigenvalue weighted by atomic mass is 10.1. The van der Waals surface area contributed by atoms with E-state index >= 15 is 0 Å². The minimum Gasteiger partial charge on any atom is -0.357 e. The average molecular weight is 350 g/mol. The molecular weight excluding hydrogens is 333 g/mol. The first-order valence-electron chi connectivity index (χ1n) is 7.89. The number of nitrogens with zero attached hydrogens (tertiary/aromatic N) is 2. The van der Waals surface area contributed by atoms with E-state index in [2.05, 4.69) is 20.5 Å². The first kappa shape index (κ1) is 17.1. The number of carbonyl (C=O) groups is 1. The smallest absolute Gasteiger partial charge is 0.357 e. The van der Waals surface area contributed by atoms with Crippen LogP contribution in [0.5, 0.6) is 0 Å². The molecule has 2 aromatic rings. The Kier molecular flexibility index (Phi) is 4.78. The summed E-state index contributed by atoms with van der Waals surface area (Å²) in [5.74, 6) is 0.825. The normalized spacial score (nSPS) is 14.4. The number of halogens is 3. The van der Waals surface area contributed by atoms with Gasteiger partial charge in [0.15, 0.2) is 0 Å². The molecule has 1 aromatic heterocycles. The van der Waals surface area contributed by atoms with Gasteiger partial charge >= 0.3 is 12.2 Å². The number of anilines is 3. The Hall–Kier alpha value is -2.77. The van der Waals surface area contributed by atoms with Gasteiger partial charge in [-0.25, -0.2) is 9.78 Å². The van der Waals surface area contributed by atoms with E-state index in [9.17, 15) is 18.0 Å². The molecule has 1 aromatic carbocycles. The molecule has 2 N–H and O–H groups in total. The number of hydrogen-bond acceptors (Lipinski definition) is 3. The highest BCUT2D eigenvalue weighted by molar-refractivity contribution is 6.00.